The first-order valence-corrected chi connectivity index (χ1v) is 21.2. The fourth-order valence-corrected chi connectivity index (χ4v) is 13.5. The van der Waals surface area contributed by atoms with Crippen molar-refractivity contribution in [3.8, 4) is 0 Å². The van der Waals surface area contributed by atoms with Crippen LogP contribution in [-0.2, 0) is 25.7 Å². The zero-order valence-corrected chi connectivity index (χ0v) is 35.6. The number of aromatic nitrogens is 2. The van der Waals surface area contributed by atoms with Crippen LogP contribution in [0.4, 0.5) is 0 Å². The second-order valence-electron chi connectivity index (χ2n) is 21.1. The first-order chi connectivity index (χ1) is 25.1. The van der Waals surface area contributed by atoms with Gasteiger partial charge in [-0.1, -0.05) is 54.0 Å². The van der Waals surface area contributed by atoms with Crippen LogP contribution in [-0.4, -0.2) is 82.7 Å². The molecule has 0 aliphatic heterocycles. The van der Waals surface area contributed by atoms with E-state index >= 15 is 0 Å². The molecule has 0 bridgehead atoms. The van der Waals surface area contributed by atoms with Gasteiger partial charge in [0.2, 0.25) is 0 Å². The second-order valence-corrected chi connectivity index (χ2v) is 21.1. The molecule has 0 spiro atoms. The summed E-state index contributed by atoms with van der Waals surface area (Å²) in [5.74, 6) is 0.642. The molecule has 0 amide bonds. The van der Waals surface area contributed by atoms with Crippen molar-refractivity contribution in [1.82, 2.24) is 20.0 Å². The predicted molar refractivity (Wildman–Crippen MR) is 212 cm³/mol. The average Bonchev–Trinajstić information content (AvgIpc) is 3.69. The Kier molecular flexibility index (Phi) is 11.0. The zero-order valence-electron chi connectivity index (χ0n) is 35.6. The number of aromatic amines is 1. The lowest BCUT2D eigenvalue weighted by molar-refractivity contribution is -0.233. The molecule has 1 aromatic rings. The van der Waals surface area contributed by atoms with Gasteiger partial charge in [0.15, 0.2) is 5.78 Å². The number of rotatable bonds is 13. The summed E-state index contributed by atoms with van der Waals surface area (Å²) in [5.41, 5.74) is 2.86. The number of ether oxygens (including phenoxy) is 1. The molecule has 1 heterocycles. The molecule has 4 fully saturated rings. The molecule has 5 aliphatic carbocycles. The maximum Gasteiger partial charge on any atom is 0.309 e. The first-order valence-electron chi connectivity index (χ1n) is 21.2. The summed E-state index contributed by atoms with van der Waals surface area (Å²) >= 11 is 0. The Bertz CT molecular complexity index is 1610. The van der Waals surface area contributed by atoms with Crippen LogP contribution < -0.4 is 0 Å². The van der Waals surface area contributed by atoms with Gasteiger partial charge in [-0.25, -0.2) is 0 Å². The van der Waals surface area contributed by atoms with Gasteiger partial charge in [0.05, 0.1) is 18.0 Å². The Morgan fingerprint density at radius 3 is 2.31 bits per heavy atom. The van der Waals surface area contributed by atoms with Crippen LogP contribution in [0.15, 0.2) is 23.5 Å². The first kappa shape index (κ1) is 41.1. The smallest absolute Gasteiger partial charge is 0.309 e. The van der Waals surface area contributed by atoms with Gasteiger partial charge in [-0.05, 0) is 138 Å². The predicted octanol–water partition coefficient (Wildman–Crippen LogP) is 8.56. The molecular weight excluding hydrogens is 677 g/mol. The number of fused-ring (bicyclic) bond motifs is 7. The van der Waals surface area contributed by atoms with Gasteiger partial charge in [-0.2, -0.15) is 5.10 Å². The highest BCUT2D eigenvalue weighted by Crippen LogP contribution is 2.77. The summed E-state index contributed by atoms with van der Waals surface area (Å²) in [4.78, 5) is 44.0. The second kappa shape index (κ2) is 14.5. The number of carbonyl (C=O) groups is 3. The molecule has 302 valence electrons. The van der Waals surface area contributed by atoms with Crippen molar-refractivity contribution in [1.29, 1.82) is 0 Å². The Labute approximate surface area is 325 Å². The van der Waals surface area contributed by atoms with E-state index in [-0.39, 0.29) is 45.5 Å². The molecule has 0 aromatic carbocycles. The van der Waals surface area contributed by atoms with Crippen LogP contribution in [0, 0.1) is 56.2 Å². The zero-order chi connectivity index (χ0) is 39.6. The highest BCUT2D eigenvalue weighted by molar-refractivity contribution is 6.00. The average molecular weight is 749 g/mol. The molecule has 1 aromatic heterocycles. The minimum absolute atomic E-state index is 0.0585. The topological polar surface area (TPSA) is 116 Å². The standard InChI is InChI=1S/C45H72N4O5/c1-29(2)37-32(50)24-45(20-21-49(23-22-48(10)11)28-30-26-46-47-27-30)19-18-43(8)31(38(37)45)12-13-34-42(7)16-15-35(54-36(51)25-40(3,4)39(52)53)41(5,6)33(42)14-17-44(34,43)9/h26-27,29,31,33-35H,12-25,28H2,1-11H3,(H,46,47)(H,52,53)/t31-,33?,34?,35+,42+,43-,44-,45-/m1/s1. The van der Waals surface area contributed by atoms with Gasteiger partial charge in [-0.15, -0.1) is 0 Å². The number of carbonyl (C=O) groups excluding carboxylic acids is 2. The number of aliphatic carboxylic acids is 1. The van der Waals surface area contributed by atoms with Gasteiger partial charge in [0.1, 0.15) is 6.10 Å². The number of allylic oxidation sites excluding steroid dienone is 2. The maximum atomic E-state index is 14.2. The summed E-state index contributed by atoms with van der Waals surface area (Å²) in [6, 6.07) is 0. The molecule has 8 atom stereocenters. The molecule has 0 radical (unpaired) electrons. The molecule has 4 saturated carbocycles. The van der Waals surface area contributed by atoms with Crippen LogP contribution in [0.25, 0.3) is 0 Å². The summed E-state index contributed by atoms with van der Waals surface area (Å²) in [6.45, 7) is 23.9. The van der Waals surface area contributed by atoms with Crippen LogP contribution in [0.2, 0.25) is 0 Å². The van der Waals surface area contributed by atoms with Crippen LogP contribution in [0.5, 0.6) is 0 Å². The fraction of sp³-hybridized carbons (Fsp3) is 0.822. The number of ketones is 1. The third kappa shape index (κ3) is 6.83. The van der Waals surface area contributed by atoms with Crippen molar-refractivity contribution in [2.75, 3.05) is 33.7 Å². The lowest BCUT2D eigenvalue weighted by atomic mass is 9.33. The van der Waals surface area contributed by atoms with Gasteiger partial charge < -0.3 is 14.7 Å². The molecule has 9 heteroatoms. The largest absolute Gasteiger partial charge is 0.481 e. The van der Waals surface area contributed by atoms with Gasteiger partial charge in [0, 0.05) is 48.6 Å². The fourth-order valence-electron chi connectivity index (χ4n) is 13.5. The summed E-state index contributed by atoms with van der Waals surface area (Å²) in [7, 11) is 4.28. The third-order valence-corrected chi connectivity index (χ3v) is 16.7. The number of carboxylic acids is 1. The van der Waals surface area contributed by atoms with Crippen LogP contribution in [0.1, 0.15) is 139 Å². The SMILES string of the molecule is CC(C)C1=C2[C@H]3CCC4[C@@]5(C)CC[C@H](OC(=O)CC(C)(C)C(=O)O)C(C)(C)C5CC[C@@]4(C)[C@]3(C)CC[C@@]2(CCN(CCN(C)C)Cc2cn[nH]c2)CC1=O. The Morgan fingerprint density at radius 2 is 1.69 bits per heavy atom. The summed E-state index contributed by atoms with van der Waals surface area (Å²) in [5, 5.41) is 16.9. The molecular formula is C45H72N4O5. The molecule has 2 unspecified atom stereocenters. The molecule has 6 rings (SSSR count). The highest BCUT2D eigenvalue weighted by atomic mass is 16.5. The van der Waals surface area contributed by atoms with Crippen molar-refractivity contribution in [3.05, 3.63) is 29.1 Å². The maximum absolute atomic E-state index is 14.2. The number of nitrogens with zero attached hydrogens (tertiary/aromatic N) is 3. The van der Waals surface area contributed by atoms with E-state index in [1.54, 1.807) is 19.4 Å². The van der Waals surface area contributed by atoms with E-state index in [0.717, 1.165) is 83.1 Å². The Morgan fingerprint density at radius 1 is 0.963 bits per heavy atom. The Hall–Kier alpha value is -2.52. The van der Waals surface area contributed by atoms with Crippen LogP contribution >= 0.6 is 0 Å². The highest BCUT2D eigenvalue weighted by Gasteiger charge is 2.70. The number of nitrogens with one attached hydrogen (secondary N) is 1. The molecule has 54 heavy (non-hydrogen) atoms. The van der Waals surface area contributed by atoms with Crippen molar-refractivity contribution in [2.24, 2.45) is 56.2 Å². The number of hydrogen-bond acceptors (Lipinski definition) is 7. The molecule has 2 N–H and O–H groups in total. The molecule has 5 aliphatic rings. The van der Waals surface area contributed by atoms with Gasteiger partial charge in [-0.3, -0.25) is 24.4 Å². The molecule has 9 nitrogen and oxygen atoms in total. The van der Waals surface area contributed by atoms with Gasteiger partial charge in [0.25, 0.3) is 0 Å². The van der Waals surface area contributed by atoms with E-state index in [9.17, 15) is 19.5 Å². The summed E-state index contributed by atoms with van der Waals surface area (Å²) < 4.78 is 6.20. The van der Waals surface area contributed by atoms with E-state index in [1.165, 1.54) is 12.0 Å². The van der Waals surface area contributed by atoms with Gasteiger partial charge >= 0.3 is 11.9 Å². The lowest BCUT2D eigenvalue weighted by Crippen LogP contribution is -2.65. The van der Waals surface area contributed by atoms with E-state index in [1.807, 2.05) is 12.4 Å². The monoisotopic (exact) mass is 749 g/mol. The third-order valence-electron chi connectivity index (χ3n) is 16.7. The van der Waals surface area contributed by atoms with E-state index in [0.29, 0.717) is 30.0 Å². The van der Waals surface area contributed by atoms with E-state index in [4.69, 9.17) is 4.74 Å². The number of hydrogen-bond donors (Lipinski definition) is 2. The number of Topliss-reactive ketones (excluding diaryl/α,β-unsaturated/α-hetero) is 1. The lowest BCUT2D eigenvalue weighted by Gasteiger charge is -2.72. The Balaban J connectivity index is 1.26. The number of esters is 1. The number of likely N-dealkylation sites (N-methyl/N-ethyl adjacent to an activating group) is 1. The van der Waals surface area contributed by atoms with Crippen molar-refractivity contribution >= 4 is 17.7 Å². The van der Waals surface area contributed by atoms with Crippen molar-refractivity contribution < 1.29 is 24.2 Å². The minimum atomic E-state index is -1.15. The normalized spacial score (nSPS) is 36.2. The number of carboxylic acid groups (broad SMARTS) is 1. The van der Waals surface area contributed by atoms with Crippen LogP contribution in [0.3, 0.4) is 0 Å². The minimum Gasteiger partial charge on any atom is -0.481 e. The number of H-pyrrole nitrogens is 1. The van der Waals surface area contributed by atoms with Crippen molar-refractivity contribution in [3.63, 3.8) is 0 Å². The van der Waals surface area contributed by atoms with E-state index in [2.05, 4.69) is 82.6 Å². The summed E-state index contributed by atoms with van der Waals surface area (Å²) in [6.07, 6.45) is 14.0. The van der Waals surface area contributed by atoms with Crippen molar-refractivity contribution in [2.45, 2.75) is 146 Å². The quantitative estimate of drug-likeness (QED) is 0.193. The molecule has 0 saturated heterocycles. The van der Waals surface area contributed by atoms with E-state index < -0.39 is 17.4 Å².